The molecule has 0 aliphatic heterocycles. The number of nitrogens with one attached hydrogen (secondary N) is 1. The molecular formula is C24H25N3O6. The molecular weight excluding hydrogens is 426 g/mol. The van der Waals surface area contributed by atoms with Crippen molar-refractivity contribution < 1.29 is 23.9 Å². The van der Waals surface area contributed by atoms with Gasteiger partial charge in [-0.2, -0.15) is 5.10 Å². The molecule has 0 bridgehead atoms. The number of nitrogens with zero attached hydrogens (tertiary/aromatic N) is 2. The van der Waals surface area contributed by atoms with Crippen LogP contribution in [0.2, 0.25) is 0 Å². The van der Waals surface area contributed by atoms with Gasteiger partial charge >= 0.3 is 0 Å². The lowest BCUT2D eigenvalue weighted by Crippen LogP contribution is -2.06. The van der Waals surface area contributed by atoms with Crippen molar-refractivity contribution in [1.29, 1.82) is 0 Å². The summed E-state index contributed by atoms with van der Waals surface area (Å²) in [6, 6.07) is 17.4. The molecule has 0 spiro atoms. The van der Waals surface area contributed by atoms with Gasteiger partial charge in [0.15, 0.2) is 23.0 Å². The van der Waals surface area contributed by atoms with Crippen molar-refractivity contribution in [2.45, 2.75) is 13.2 Å². The minimum Gasteiger partial charge on any atom is -0.493 e. The maximum absolute atomic E-state index is 10.8. The number of benzene rings is 3. The van der Waals surface area contributed by atoms with Crippen molar-refractivity contribution in [3.05, 3.63) is 87.5 Å². The van der Waals surface area contributed by atoms with Crippen LogP contribution in [0.3, 0.4) is 0 Å². The molecule has 0 aromatic heterocycles. The van der Waals surface area contributed by atoms with E-state index >= 15 is 0 Å². The van der Waals surface area contributed by atoms with Crippen LogP contribution in [0.1, 0.15) is 16.7 Å². The lowest BCUT2D eigenvalue weighted by atomic mass is 10.2. The number of hydrogen-bond donors (Lipinski definition) is 1. The minimum absolute atomic E-state index is 0.0414. The smallest absolute Gasteiger partial charge is 0.269 e. The highest BCUT2D eigenvalue weighted by molar-refractivity contribution is 5.80. The lowest BCUT2D eigenvalue weighted by molar-refractivity contribution is -0.384. The van der Waals surface area contributed by atoms with Crippen LogP contribution in [0, 0.1) is 10.1 Å². The van der Waals surface area contributed by atoms with Gasteiger partial charge < -0.3 is 24.4 Å². The van der Waals surface area contributed by atoms with E-state index in [1.807, 2.05) is 30.3 Å². The predicted octanol–water partition coefficient (Wildman–Crippen LogP) is 4.32. The van der Waals surface area contributed by atoms with Crippen LogP contribution in [0.4, 0.5) is 5.69 Å². The summed E-state index contributed by atoms with van der Waals surface area (Å²) in [4.78, 5) is 10.3. The number of nitro groups is 1. The molecule has 0 heterocycles. The van der Waals surface area contributed by atoms with Crippen LogP contribution in [0.25, 0.3) is 0 Å². The molecule has 0 atom stereocenters. The van der Waals surface area contributed by atoms with Gasteiger partial charge in [-0.3, -0.25) is 10.1 Å². The fourth-order valence-electron chi connectivity index (χ4n) is 3.01. The number of methoxy groups -OCH3 is 3. The molecule has 3 aromatic rings. The van der Waals surface area contributed by atoms with Gasteiger partial charge in [0.1, 0.15) is 6.61 Å². The summed E-state index contributed by atoms with van der Waals surface area (Å²) in [6.45, 7) is 0.777. The highest BCUT2D eigenvalue weighted by atomic mass is 16.6. The summed E-state index contributed by atoms with van der Waals surface area (Å²) in [7, 11) is 4.75. The van der Waals surface area contributed by atoms with Crippen LogP contribution in [0.5, 0.6) is 23.0 Å². The SMILES string of the molecule is COc1ccc(CN/N=C/c2ccc(OCc3ccc([N+](=O)[O-])cc3)c(OC)c2)cc1OC. The van der Waals surface area contributed by atoms with Crippen molar-refractivity contribution >= 4 is 11.9 Å². The first kappa shape index (κ1) is 23.4. The minimum atomic E-state index is -0.434. The normalized spacial score (nSPS) is 10.6. The number of nitro benzene ring substituents is 1. The maximum atomic E-state index is 10.8. The van der Waals surface area contributed by atoms with E-state index in [1.165, 1.54) is 12.1 Å². The molecule has 9 nitrogen and oxygen atoms in total. The van der Waals surface area contributed by atoms with Gasteiger partial charge in [-0.05, 0) is 59.2 Å². The van der Waals surface area contributed by atoms with E-state index in [4.69, 9.17) is 18.9 Å². The summed E-state index contributed by atoms with van der Waals surface area (Å²) < 4.78 is 21.8. The standard InChI is InChI=1S/C24H25N3O6/c1-30-21-10-6-18(12-23(21)31-2)14-25-26-15-19-7-11-22(24(13-19)32-3)33-16-17-4-8-20(9-5-17)27(28)29/h4-13,15,25H,14,16H2,1-3H3/b26-15+. The van der Waals surface area contributed by atoms with Gasteiger partial charge in [-0.1, -0.05) is 6.07 Å². The number of hydrogen-bond acceptors (Lipinski definition) is 8. The Kier molecular flexibility index (Phi) is 8.07. The molecule has 3 aromatic carbocycles. The van der Waals surface area contributed by atoms with Crippen LogP contribution < -0.4 is 24.4 Å². The highest BCUT2D eigenvalue weighted by Crippen LogP contribution is 2.29. The second-order valence-corrected chi connectivity index (χ2v) is 6.90. The number of hydrazone groups is 1. The molecule has 33 heavy (non-hydrogen) atoms. The van der Waals surface area contributed by atoms with E-state index in [1.54, 1.807) is 45.7 Å². The Morgan fingerprint density at radius 1 is 0.848 bits per heavy atom. The molecule has 0 radical (unpaired) electrons. The molecule has 3 rings (SSSR count). The predicted molar refractivity (Wildman–Crippen MR) is 124 cm³/mol. The second-order valence-electron chi connectivity index (χ2n) is 6.90. The van der Waals surface area contributed by atoms with E-state index in [0.29, 0.717) is 29.5 Å². The highest BCUT2D eigenvalue weighted by Gasteiger charge is 2.08. The van der Waals surface area contributed by atoms with Crippen molar-refractivity contribution in [1.82, 2.24) is 5.43 Å². The van der Waals surface area contributed by atoms with Gasteiger partial charge in [-0.25, -0.2) is 0 Å². The molecule has 0 unspecified atom stereocenters. The summed E-state index contributed by atoms with van der Waals surface area (Å²) in [5, 5.41) is 15.0. The molecule has 172 valence electrons. The van der Waals surface area contributed by atoms with Crippen molar-refractivity contribution in [3.63, 3.8) is 0 Å². The van der Waals surface area contributed by atoms with Gasteiger partial charge in [0.05, 0.1) is 39.0 Å². The summed E-state index contributed by atoms with van der Waals surface area (Å²) in [5.41, 5.74) is 5.68. The first-order valence-corrected chi connectivity index (χ1v) is 10.0. The molecule has 0 aliphatic rings. The molecule has 0 saturated heterocycles. The summed E-state index contributed by atoms with van der Waals surface area (Å²) in [6.07, 6.45) is 1.68. The Bertz CT molecular complexity index is 1120. The monoisotopic (exact) mass is 451 g/mol. The zero-order chi connectivity index (χ0) is 23.6. The molecule has 0 amide bonds. The quantitative estimate of drug-likeness (QED) is 0.263. The Balaban J connectivity index is 1.57. The van der Waals surface area contributed by atoms with Crippen molar-refractivity contribution in [2.24, 2.45) is 5.10 Å². The third-order valence-electron chi connectivity index (χ3n) is 4.77. The molecule has 0 aliphatic carbocycles. The zero-order valence-electron chi connectivity index (χ0n) is 18.6. The third-order valence-corrected chi connectivity index (χ3v) is 4.77. The Morgan fingerprint density at radius 2 is 1.48 bits per heavy atom. The first-order valence-electron chi connectivity index (χ1n) is 10.0. The fraction of sp³-hybridized carbons (Fsp3) is 0.208. The van der Waals surface area contributed by atoms with Gasteiger partial charge in [0.2, 0.25) is 0 Å². The number of rotatable bonds is 11. The Morgan fingerprint density at radius 3 is 2.15 bits per heavy atom. The van der Waals surface area contributed by atoms with Crippen LogP contribution in [-0.2, 0) is 13.2 Å². The Labute approximate surface area is 191 Å². The van der Waals surface area contributed by atoms with Crippen molar-refractivity contribution in [2.75, 3.05) is 21.3 Å². The van der Waals surface area contributed by atoms with E-state index in [-0.39, 0.29) is 12.3 Å². The topological polar surface area (TPSA) is 104 Å². The summed E-state index contributed by atoms with van der Waals surface area (Å²) >= 11 is 0. The molecule has 9 heteroatoms. The Hall–Kier alpha value is -4.27. The second kappa shape index (κ2) is 11.4. The first-order chi connectivity index (χ1) is 16.0. The average molecular weight is 451 g/mol. The van der Waals surface area contributed by atoms with Gasteiger partial charge in [-0.15, -0.1) is 0 Å². The average Bonchev–Trinajstić information content (AvgIpc) is 2.85. The number of non-ortho nitro benzene ring substituents is 1. The molecule has 1 N–H and O–H groups in total. The van der Waals surface area contributed by atoms with Crippen LogP contribution in [0.15, 0.2) is 65.8 Å². The van der Waals surface area contributed by atoms with E-state index in [2.05, 4.69) is 10.5 Å². The third kappa shape index (κ3) is 6.36. The van der Waals surface area contributed by atoms with Crippen LogP contribution in [-0.4, -0.2) is 32.5 Å². The maximum Gasteiger partial charge on any atom is 0.269 e. The largest absolute Gasteiger partial charge is 0.493 e. The molecule has 0 fully saturated rings. The van der Waals surface area contributed by atoms with E-state index < -0.39 is 4.92 Å². The van der Waals surface area contributed by atoms with E-state index in [0.717, 1.165) is 16.7 Å². The fourth-order valence-corrected chi connectivity index (χ4v) is 3.01. The van der Waals surface area contributed by atoms with E-state index in [9.17, 15) is 10.1 Å². The molecule has 0 saturated carbocycles. The van der Waals surface area contributed by atoms with Gasteiger partial charge in [0, 0.05) is 12.1 Å². The van der Waals surface area contributed by atoms with Crippen LogP contribution >= 0.6 is 0 Å². The number of ether oxygens (including phenoxy) is 4. The van der Waals surface area contributed by atoms with Gasteiger partial charge in [0.25, 0.3) is 5.69 Å². The van der Waals surface area contributed by atoms with Crippen molar-refractivity contribution in [3.8, 4) is 23.0 Å². The summed E-state index contributed by atoms with van der Waals surface area (Å²) in [5.74, 6) is 2.45. The lowest BCUT2D eigenvalue weighted by Gasteiger charge is -2.11. The zero-order valence-corrected chi connectivity index (χ0v) is 18.6.